The smallest absolute Gasteiger partial charge is 0.253 e. The molecule has 122 valence electrons. The number of amides is 1. The molecule has 1 aromatic heterocycles. The molecule has 3 aromatic rings. The predicted octanol–water partition coefficient (Wildman–Crippen LogP) is 5.19. The van der Waals surface area contributed by atoms with Gasteiger partial charge in [-0.3, -0.25) is 4.79 Å². The summed E-state index contributed by atoms with van der Waals surface area (Å²) >= 11 is 1.66. The highest BCUT2D eigenvalue weighted by Crippen LogP contribution is 2.25. The number of hydrogen-bond donors (Lipinski definition) is 1. The van der Waals surface area contributed by atoms with Gasteiger partial charge >= 0.3 is 0 Å². The molecule has 0 aliphatic heterocycles. The summed E-state index contributed by atoms with van der Waals surface area (Å²) < 4.78 is 0. The molecule has 1 heterocycles. The van der Waals surface area contributed by atoms with E-state index in [4.69, 9.17) is 0 Å². The van der Waals surface area contributed by atoms with Crippen molar-refractivity contribution in [2.24, 2.45) is 0 Å². The zero-order valence-electron chi connectivity index (χ0n) is 14.2. The van der Waals surface area contributed by atoms with Gasteiger partial charge in [-0.2, -0.15) is 0 Å². The van der Waals surface area contributed by atoms with Crippen LogP contribution in [-0.2, 0) is 0 Å². The first-order chi connectivity index (χ1) is 11.5. The second-order valence-electron chi connectivity index (χ2n) is 6.05. The molecule has 0 aliphatic rings. The van der Waals surface area contributed by atoms with E-state index in [1.165, 1.54) is 5.56 Å². The third-order valence-corrected chi connectivity index (χ3v) is 5.07. The van der Waals surface area contributed by atoms with Gasteiger partial charge in [0.2, 0.25) is 0 Å². The van der Waals surface area contributed by atoms with E-state index >= 15 is 0 Å². The van der Waals surface area contributed by atoms with E-state index in [1.54, 1.807) is 11.3 Å². The number of thiophene rings is 1. The zero-order chi connectivity index (χ0) is 17.1. The number of carbonyl (C=O) groups is 1. The van der Waals surface area contributed by atoms with Gasteiger partial charge in [-0.25, -0.2) is 0 Å². The highest BCUT2D eigenvalue weighted by Gasteiger charge is 2.19. The van der Waals surface area contributed by atoms with Crippen LogP contribution >= 0.6 is 11.3 Å². The molecule has 1 amide bonds. The van der Waals surface area contributed by atoms with Crippen molar-refractivity contribution in [3.63, 3.8) is 0 Å². The molecular weight excluding hydrogens is 314 g/mol. The molecule has 1 N–H and O–H groups in total. The summed E-state index contributed by atoms with van der Waals surface area (Å²) in [4.78, 5) is 15.0. The van der Waals surface area contributed by atoms with Crippen LogP contribution < -0.4 is 5.32 Å². The fourth-order valence-electron chi connectivity index (χ4n) is 2.83. The lowest BCUT2D eigenvalue weighted by atomic mass is 9.97. The lowest BCUT2D eigenvalue weighted by molar-refractivity contribution is 0.0943. The Morgan fingerprint density at radius 1 is 0.917 bits per heavy atom. The van der Waals surface area contributed by atoms with Crippen LogP contribution in [0.4, 0.5) is 0 Å². The summed E-state index contributed by atoms with van der Waals surface area (Å²) in [6.45, 7) is 6.09. The largest absolute Gasteiger partial charge is 0.341 e. The quantitative estimate of drug-likeness (QED) is 0.698. The Hall–Kier alpha value is -2.39. The summed E-state index contributed by atoms with van der Waals surface area (Å²) in [6, 6.07) is 20.2. The summed E-state index contributed by atoms with van der Waals surface area (Å²) in [6.07, 6.45) is 0. The maximum atomic E-state index is 12.8. The minimum Gasteiger partial charge on any atom is -0.341 e. The monoisotopic (exact) mass is 335 g/mol. The van der Waals surface area contributed by atoms with Crippen LogP contribution in [0.3, 0.4) is 0 Å². The van der Waals surface area contributed by atoms with Crippen molar-refractivity contribution in [2.75, 3.05) is 0 Å². The average Bonchev–Trinajstić information content (AvgIpc) is 2.93. The molecule has 0 saturated carbocycles. The average molecular weight is 335 g/mol. The topological polar surface area (TPSA) is 29.1 Å². The Balaban J connectivity index is 1.94. The maximum Gasteiger partial charge on any atom is 0.253 e. The van der Waals surface area contributed by atoms with Gasteiger partial charge in [-0.1, -0.05) is 60.2 Å². The Kier molecular flexibility index (Phi) is 4.81. The lowest BCUT2D eigenvalue weighted by Crippen LogP contribution is -2.29. The fraction of sp³-hybridized carbons (Fsp3) is 0.190. The first-order valence-electron chi connectivity index (χ1n) is 8.04. The molecule has 0 fully saturated rings. The van der Waals surface area contributed by atoms with E-state index in [2.05, 4.69) is 48.6 Å². The Labute approximate surface area is 147 Å². The fourth-order valence-corrected chi connectivity index (χ4v) is 3.75. The summed E-state index contributed by atoms with van der Waals surface area (Å²) in [5, 5.41) is 3.21. The van der Waals surface area contributed by atoms with Crippen molar-refractivity contribution in [3.8, 4) is 0 Å². The molecular formula is C21H21NOS. The van der Waals surface area contributed by atoms with Gasteiger partial charge < -0.3 is 5.32 Å². The number of nitrogens with one attached hydrogen (secondary N) is 1. The van der Waals surface area contributed by atoms with E-state index in [0.717, 1.165) is 26.4 Å². The van der Waals surface area contributed by atoms with Crippen LogP contribution in [0.5, 0.6) is 0 Å². The molecule has 2 nitrogen and oxygen atoms in total. The van der Waals surface area contributed by atoms with Crippen LogP contribution in [0, 0.1) is 20.8 Å². The first kappa shape index (κ1) is 16.5. The van der Waals surface area contributed by atoms with Crippen LogP contribution in [0.1, 0.15) is 42.8 Å². The minimum absolute atomic E-state index is 0.0220. The van der Waals surface area contributed by atoms with E-state index < -0.39 is 0 Å². The number of benzene rings is 2. The molecule has 0 aliphatic carbocycles. The van der Waals surface area contributed by atoms with E-state index in [-0.39, 0.29) is 11.9 Å². The molecule has 1 atom stereocenters. The molecule has 0 spiro atoms. The molecule has 2 aromatic carbocycles. The van der Waals surface area contributed by atoms with Crippen molar-refractivity contribution in [2.45, 2.75) is 26.8 Å². The number of rotatable bonds is 4. The van der Waals surface area contributed by atoms with Crippen molar-refractivity contribution in [1.29, 1.82) is 0 Å². The van der Waals surface area contributed by atoms with Gasteiger partial charge in [0.05, 0.1) is 11.6 Å². The lowest BCUT2D eigenvalue weighted by Gasteiger charge is -2.20. The third-order valence-electron chi connectivity index (χ3n) is 4.10. The normalized spacial score (nSPS) is 12.0. The van der Waals surface area contributed by atoms with Gasteiger partial charge in [0.25, 0.3) is 5.91 Å². The van der Waals surface area contributed by atoms with E-state index in [9.17, 15) is 4.79 Å². The first-order valence-corrected chi connectivity index (χ1v) is 8.85. The van der Waals surface area contributed by atoms with Gasteiger partial charge in [-0.15, -0.1) is 11.3 Å². The Bertz CT molecular complexity index is 834. The van der Waals surface area contributed by atoms with Crippen molar-refractivity contribution >= 4 is 17.2 Å². The van der Waals surface area contributed by atoms with Crippen LogP contribution in [0.15, 0.2) is 60.7 Å². The van der Waals surface area contributed by atoms with Crippen LogP contribution in [0.25, 0.3) is 0 Å². The maximum absolute atomic E-state index is 12.8. The SMILES string of the molecule is Cc1ccc(C(NC(=O)c2cc(C)sc2C)c2ccccc2)cc1. The second kappa shape index (κ2) is 7.02. The second-order valence-corrected chi connectivity index (χ2v) is 7.52. The standard InChI is InChI=1S/C21H21NOS/c1-14-9-11-18(12-10-14)20(17-7-5-4-6-8-17)22-21(23)19-13-15(2)24-16(19)3/h4-13,20H,1-3H3,(H,22,23). The summed E-state index contributed by atoms with van der Waals surface area (Å²) in [5.74, 6) is -0.0220. The van der Waals surface area contributed by atoms with E-state index in [0.29, 0.717) is 0 Å². The van der Waals surface area contributed by atoms with E-state index in [1.807, 2.05) is 38.1 Å². The Morgan fingerprint density at radius 2 is 1.54 bits per heavy atom. The predicted molar refractivity (Wildman–Crippen MR) is 101 cm³/mol. The minimum atomic E-state index is -0.154. The van der Waals surface area contributed by atoms with Gasteiger partial charge in [0, 0.05) is 9.75 Å². The van der Waals surface area contributed by atoms with Crippen LogP contribution in [0.2, 0.25) is 0 Å². The molecule has 3 heteroatoms. The highest BCUT2D eigenvalue weighted by molar-refractivity contribution is 7.12. The molecule has 3 rings (SSSR count). The molecule has 0 bridgehead atoms. The molecule has 0 radical (unpaired) electrons. The highest BCUT2D eigenvalue weighted by atomic mass is 32.1. The van der Waals surface area contributed by atoms with Gasteiger partial charge in [0.15, 0.2) is 0 Å². The van der Waals surface area contributed by atoms with Crippen molar-refractivity contribution in [3.05, 3.63) is 92.7 Å². The van der Waals surface area contributed by atoms with Crippen molar-refractivity contribution in [1.82, 2.24) is 5.32 Å². The van der Waals surface area contributed by atoms with Crippen LogP contribution in [-0.4, -0.2) is 5.91 Å². The van der Waals surface area contributed by atoms with Gasteiger partial charge in [-0.05, 0) is 38.0 Å². The third kappa shape index (κ3) is 3.57. The molecule has 0 saturated heterocycles. The van der Waals surface area contributed by atoms with Crippen molar-refractivity contribution < 1.29 is 4.79 Å². The molecule has 24 heavy (non-hydrogen) atoms. The Morgan fingerprint density at radius 3 is 2.12 bits per heavy atom. The number of aryl methyl sites for hydroxylation is 3. The summed E-state index contributed by atoms with van der Waals surface area (Å²) in [5.41, 5.74) is 4.15. The molecule has 1 unspecified atom stereocenters. The van der Waals surface area contributed by atoms with Gasteiger partial charge in [0.1, 0.15) is 0 Å². The summed E-state index contributed by atoms with van der Waals surface area (Å²) in [7, 11) is 0. The number of hydrogen-bond acceptors (Lipinski definition) is 2. The zero-order valence-corrected chi connectivity index (χ0v) is 15.0. The number of carbonyl (C=O) groups excluding carboxylic acids is 1.